The average molecular weight is 293 g/mol. The van der Waals surface area contributed by atoms with Crippen LogP contribution in [0.15, 0.2) is 29.3 Å². The summed E-state index contributed by atoms with van der Waals surface area (Å²) < 4.78 is 5.46. The summed E-state index contributed by atoms with van der Waals surface area (Å²) in [5.74, 6) is 1.67. The molecular weight excluding hydrogens is 274 g/mol. The van der Waals surface area contributed by atoms with Gasteiger partial charge in [0.25, 0.3) is 0 Å². The minimum absolute atomic E-state index is 0.136. The molecule has 2 rings (SSSR count). The first-order chi connectivity index (χ1) is 9.78. The number of rotatable bonds is 5. The Balaban J connectivity index is 1.68. The number of amidine groups is 1. The zero-order valence-electron chi connectivity index (χ0n) is 11.5. The van der Waals surface area contributed by atoms with Crippen LogP contribution in [-0.4, -0.2) is 30.2 Å². The maximum absolute atomic E-state index is 11.5. The molecule has 0 fully saturated rings. The van der Waals surface area contributed by atoms with Gasteiger partial charge in [0, 0.05) is 5.75 Å². The highest BCUT2D eigenvalue weighted by molar-refractivity contribution is 8.14. The van der Waals surface area contributed by atoms with E-state index in [9.17, 15) is 4.79 Å². The van der Waals surface area contributed by atoms with Gasteiger partial charge in [-0.05, 0) is 24.1 Å². The summed E-state index contributed by atoms with van der Waals surface area (Å²) >= 11 is 1.54. The van der Waals surface area contributed by atoms with Gasteiger partial charge in [-0.3, -0.25) is 10.3 Å². The largest absolute Gasteiger partial charge is 0.473 e. The van der Waals surface area contributed by atoms with Gasteiger partial charge in [0.2, 0.25) is 0 Å². The van der Waals surface area contributed by atoms with Gasteiger partial charge in [0.1, 0.15) is 5.75 Å². The molecule has 1 heterocycles. The number of aliphatic imine (C=N–C) groups is 1. The number of hydrogen-bond donors (Lipinski definition) is 2. The first kappa shape index (κ1) is 14.7. The summed E-state index contributed by atoms with van der Waals surface area (Å²) in [6.07, 6.45) is 2.20. The Kier molecular flexibility index (Phi) is 5.73. The van der Waals surface area contributed by atoms with Gasteiger partial charge in [0.15, 0.2) is 11.9 Å². The predicted molar refractivity (Wildman–Crippen MR) is 82.4 cm³/mol. The van der Waals surface area contributed by atoms with Crippen LogP contribution in [0.3, 0.4) is 0 Å². The van der Waals surface area contributed by atoms with Crippen molar-refractivity contribution in [2.75, 3.05) is 19.0 Å². The van der Waals surface area contributed by atoms with Gasteiger partial charge >= 0.3 is 6.03 Å². The van der Waals surface area contributed by atoms with Crippen molar-refractivity contribution in [1.29, 1.82) is 0 Å². The molecular formula is C14H19N3O2S. The second-order valence-corrected chi connectivity index (χ2v) is 5.43. The van der Waals surface area contributed by atoms with E-state index in [0.29, 0.717) is 5.17 Å². The van der Waals surface area contributed by atoms with E-state index >= 15 is 0 Å². The molecule has 0 atom stereocenters. The Morgan fingerprint density at radius 3 is 2.85 bits per heavy atom. The van der Waals surface area contributed by atoms with Crippen LogP contribution in [0.2, 0.25) is 0 Å². The quantitative estimate of drug-likeness (QED) is 0.819. The van der Waals surface area contributed by atoms with Crippen LogP contribution in [-0.2, 0) is 6.42 Å². The van der Waals surface area contributed by atoms with Crippen molar-refractivity contribution in [3.05, 3.63) is 29.8 Å². The Morgan fingerprint density at radius 1 is 1.40 bits per heavy atom. The molecule has 108 valence electrons. The third kappa shape index (κ3) is 4.77. The van der Waals surface area contributed by atoms with Crippen LogP contribution in [0.25, 0.3) is 0 Å². The fraction of sp³-hybridized carbons (Fsp3) is 0.429. The lowest BCUT2D eigenvalue weighted by Gasteiger charge is -2.09. The molecule has 0 saturated heterocycles. The molecule has 0 bridgehead atoms. The molecule has 1 aromatic rings. The molecule has 2 amide bonds. The van der Waals surface area contributed by atoms with Gasteiger partial charge in [-0.2, -0.15) is 0 Å². The SMILES string of the molecule is CCCc1ccc(OCNC(=O)NC2=NCCS2)cc1. The van der Waals surface area contributed by atoms with E-state index in [-0.39, 0.29) is 12.8 Å². The first-order valence-corrected chi connectivity index (χ1v) is 7.70. The lowest BCUT2D eigenvalue weighted by atomic mass is 10.1. The topological polar surface area (TPSA) is 62.7 Å². The summed E-state index contributed by atoms with van der Waals surface area (Å²) in [6, 6.07) is 7.63. The molecule has 6 heteroatoms. The molecule has 0 unspecified atom stereocenters. The number of carbonyl (C=O) groups is 1. The molecule has 0 spiro atoms. The molecule has 0 aliphatic carbocycles. The fourth-order valence-electron chi connectivity index (χ4n) is 1.78. The lowest BCUT2D eigenvalue weighted by Crippen LogP contribution is -2.39. The second kappa shape index (κ2) is 7.79. The average Bonchev–Trinajstić information content (AvgIpc) is 2.94. The van der Waals surface area contributed by atoms with Crippen molar-refractivity contribution in [2.45, 2.75) is 19.8 Å². The number of thioether (sulfide) groups is 1. The van der Waals surface area contributed by atoms with Crippen molar-refractivity contribution >= 4 is 23.0 Å². The Labute approximate surface area is 123 Å². The minimum Gasteiger partial charge on any atom is -0.473 e. The highest BCUT2D eigenvalue weighted by Gasteiger charge is 2.09. The molecule has 1 aliphatic heterocycles. The van der Waals surface area contributed by atoms with Crippen LogP contribution in [0, 0.1) is 0 Å². The van der Waals surface area contributed by atoms with E-state index in [1.807, 2.05) is 24.3 Å². The maximum atomic E-state index is 11.5. The normalized spacial score (nSPS) is 13.8. The summed E-state index contributed by atoms with van der Waals surface area (Å²) in [4.78, 5) is 15.7. The van der Waals surface area contributed by atoms with E-state index in [1.165, 1.54) is 5.56 Å². The third-order valence-corrected chi connectivity index (χ3v) is 3.63. The highest BCUT2D eigenvalue weighted by atomic mass is 32.2. The predicted octanol–water partition coefficient (Wildman–Crippen LogP) is 2.38. The zero-order valence-corrected chi connectivity index (χ0v) is 12.3. The number of nitrogens with zero attached hydrogens (tertiary/aromatic N) is 1. The third-order valence-electron chi connectivity index (χ3n) is 2.74. The van der Waals surface area contributed by atoms with Crippen molar-refractivity contribution in [3.63, 3.8) is 0 Å². The summed E-state index contributed by atoms with van der Waals surface area (Å²) in [5.41, 5.74) is 1.29. The van der Waals surface area contributed by atoms with Gasteiger partial charge in [-0.15, -0.1) is 0 Å². The van der Waals surface area contributed by atoms with Gasteiger partial charge in [-0.25, -0.2) is 4.79 Å². The molecule has 20 heavy (non-hydrogen) atoms. The molecule has 2 N–H and O–H groups in total. The van der Waals surface area contributed by atoms with Crippen LogP contribution in [0.5, 0.6) is 5.75 Å². The van der Waals surface area contributed by atoms with E-state index in [2.05, 4.69) is 22.5 Å². The number of hydrogen-bond acceptors (Lipinski definition) is 4. The Morgan fingerprint density at radius 2 is 2.20 bits per heavy atom. The molecule has 0 aromatic heterocycles. The molecule has 5 nitrogen and oxygen atoms in total. The molecule has 0 radical (unpaired) electrons. The number of urea groups is 1. The maximum Gasteiger partial charge on any atom is 0.323 e. The number of ether oxygens (including phenoxy) is 1. The minimum atomic E-state index is -0.291. The van der Waals surface area contributed by atoms with Crippen LogP contribution >= 0.6 is 11.8 Å². The number of carbonyl (C=O) groups excluding carboxylic acids is 1. The lowest BCUT2D eigenvalue weighted by molar-refractivity contribution is 0.228. The van der Waals surface area contributed by atoms with E-state index < -0.39 is 0 Å². The number of amides is 2. The van der Waals surface area contributed by atoms with Crippen molar-refractivity contribution in [1.82, 2.24) is 10.6 Å². The Hall–Kier alpha value is -1.69. The molecule has 1 aliphatic rings. The Bertz CT molecular complexity index is 474. The van der Waals surface area contributed by atoms with Gasteiger partial charge in [0.05, 0.1) is 6.54 Å². The van der Waals surface area contributed by atoms with Crippen LogP contribution < -0.4 is 15.4 Å². The molecule has 1 aromatic carbocycles. The standard InChI is InChI=1S/C14H19N3O2S/c1-2-3-11-4-6-12(7-5-11)19-10-16-13(18)17-14-15-8-9-20-14/h4-7H,2-3,8-10H2,1H3,(H2,15,16,17,18). The van der Waals surface area contributed by atoms with Crippen LogP contribution in [0.4, 0.5) is 4.79 Å². The monoisotopic (exact) mass is 293 g/mol. The van der Waals surface area contributed by atoms with Gasteiger partial charge in [-0.1, -0.05) is 37.2 Å². The summed E-state index contributed by atoms with van der Waals surface area (Å²) in [6.45, 7) is 3.05. The van der Waals surface area contributed by atoms with Crippen LogP contribution in [0.1, 0.15) is 18.9 Å². The van der Waals surface area contributed by atoms with E-state index in [0.717, 1.165) is 30.9 Å². The second-order valence-electron chi connectivity index (χ2n) is 4.35. The zero-order chi connectivity index (χ0) is 14.2. The summed E-state index contributed by atoms with van der Waals surface area (Å²) in [7, 11) is 0. The first-order valence-electron chi connectivity index (χ1n) is 6.72. The number of aryl methyl sites for hydroxylation is 1. The smallest absolute Gasteiger partial charge is 0.323 e. The number of nitrogens with one attached hydrogen (secondary N) is 2. The fourth-order valence-corrected chi connectivity index (χ4v) is 2.50. The molecule has 0 saturated carbocycles. The van der Waals surface area contributed by atoms with Crippen molar-refractivity contribution in [2.24, 2.45) is 4.99 Å². The van der Waals surface area contributed by atoms with Crippen molar-refractivity contribution < 1.29 is 9.53 Å². The van der Waals surface area contributed by atoms with E-state index in [4.69, 9.17) is 4.74 Å². The number of benzene rings is 1. The summed E-state index contributed by atoms with van der Waals surface area (Å²) in [5, 5.41) is 5.98. The van der Waals surface area contributed by atoms with Crippen molar-refractivity contribution in [3.8, 4) is 5.75 Å². The highest BCUT2D eigenvalue weighted by Crippen LogP contribution is 2.13. The van der Waals surface area contributed by atoms with Gasteiger partial charge < -0.3 is 10.1 Å². The van der Waals surface area contributed by atoms with E-state index in [1.54, 1.807) is 11.8 Å².